The van der Waals surface area contributed by atoms with Gasteiger partial charge >= 0.3 is 17.4 Å². The zero-order chi connectivity index (χ0) is 24.4. The minimum Gasteiger partial charge on any atom is -0.550 e. The van der Waals surface area contributed by atoms with Gasteiger partial charge in [0.2, 0.25) is 0 Å². The molecule has 0 amide bonds. The van der Waals surface area contributed by atoms with Crippen LogP contribution in [0.3, 0.4) is 0 Å². The van der Waals surface area contributed by atoms with Crippen molar-refractivity contribution in [3.05, 3.63) is 0 Å². The largest absolute Gasteiger partial charge is 3.00 e. The van der Waals surface area contributed by atoms with E-state index in [4.69, 9.17) is 0 Å². The van der Waals surface area contributed by atoms with Crippen LogP contribution < -0.4 is 15.3 Å². The first-order valence-electron chi connectivity index (χ1n) is 9.83. The summed E-state index contributed by atoms with van der Waals surface area (Å²) in [7, 11) is 0. The fourth-order valence-electron chi connectivity index (χ4n) is 2.33. The van der Waals surface area contributed by atoms with E-state index in [1.54, 1.807) is 20.8 Å². The van der Waals surface area contributed by atoms with E-state index in [0.29, 0.717) is 19.3 Å². The summed E-state index contributed by atoms with van der Waals surface area (Å²) in [6, 6.07) is 0. The first-order valence-corrected chi connectivity index (χ1v) is 9.83. The van der Waals surface area contributed by atoms with Gasteiger partial charge < -0.3 is 29.7 Å². The predicted octanol–water partition coefficient (Wildman–Crippen LogP) is -1.16. The van der Waals surface area contributed by atoms with E-state index in [-0.39, 0.29) is 71.7 Å². The van der Waals surface area contributed by atoms with Crippen molar-refractivity contribution in [1.29, 1.82) is 0 Å². The molecule has 0 aliphatic rings. The minimum absolute atomic E-state index is 0. The monoisotopic (exact) mass is 456 g/mol. The van der Waals surface area contributed by atoms with E-state index in [1.807, 2.05) is 0 Å². The summed E-state index contributed by atoms with van der Waals surface area (Å²) in [6.07, 6.45) is 1.28. The third-order valence-electron chi connectivity index (χ3n) is 4.44. The molecule has 0 aliphatic carbocycles. The molecule has 0 heterocycles. The smallest absolute Gasteiger partial charge is 0.550 e. The van der Waals surface area contributed by atoms with Gasteiger partial charge in [-0.15, -0.1) is 0 Å². The molecule has 174 valence electrons. The quantitative estimate of drug-likeness (QED) is 0.328. The molecule has 31 heavy (non-hydrogen) atoms. The SMILES string of the molecule is CCC(CC(=O)[O-])C(C)=O.CCC(CC(=O)[O-])C(C)=O.CCC(CC(=O)[O-])C(C)=O.[Al+3]. The van der Waals surface area contributed by atoms with E-state index in [1.165, 1.54) is 20.8 Å². The Morgan fingerprint density at radius 3 is 0.710 bits per heavy atom. The molecule has 0 aromatic carbocycles. The van der Waals surface area contributed by atoms with Crippen LogP contribution in [0.1, 0.15) is 80.1 Å². The second kappa shape index (κ2) is 21.2. The van der Waals surface area contributed by atoms with Gasteiger partial charge in [-0.1, -0.05) is 20.8 Å². The van der Waals surface area contributed by atoms with Crippen LogP contribution in [0.25, 0.3) is 0 Å². The maximum atomic E-state index is 10.6. The van der Waals surface area contributed by atoms with Crippen molar-refractivity contribution in [3.63, 3.8) is 0 Å². The Kier molecular flexibility index (Phi) is 24.8. The van der Waals surface area contributed by atoms with Crippen molar-refractivity contribution in [2.75, 3.05) is 0 Å². The first-order chi connectivity index (χ1) is 13.7. The van der Waals surface area contributed by atoms with Crippen LogP contribution in [0.5, 0.6) is 0 Å². The zero-order valence-corrected chi connectivity index (χ0v) is 20.4. The van der Waals surface area contributed by atoms with Gasteiger partial charge in [-0.25, -0.2) is 0 Å². The summed E-state index contributed by atoms with van der Waals surface area (Å²) in [5.74, 6) is -4.75. The summed E-state index contributed by atoms with van der Waals surface area (Å²) in [4.78, 5) is 61.9. The van der Waals surface area contributed by atoms with Gasteiger partial charge in [-0.3, -0.25) is 14.4 Å². The topological polar surface area (TPSA) is 172 Å². The Bertz CT molecular complexity index is 507. The van der Waals surface area contributed by atoms with Crippen LogP contribution in [-0.4, -0.2) is 52.6 Å². The Labute approximate surface area is 194 Å². The summed E-state index contributed by atoms with van der Waals surface area (Å²) in [5, 5.41) is 30.0. The van der Waals surface area contributed by atoms with Crippen LogP contribution in [-0.2, 0) is 28.8 Å². The third-order valence-corrected chi connectivity index (χ3v) is 4.44. The van der Waals surface area contributed by atoms with Crippen LogP contribution in [0.15, 0.2) is 0 Å². The first kappa shape index (κ1) is 36.3. The number of carboxylic acid groups (broad SMARTS) is 3. The maximum Gasteiger partial charge on any atom is 3.00 e. The standard InChI is InChI=1S/3C7H12O3.Al/c3*1-3-6(5(2)8)4-7(9)10;/h3*6H,3-4H2,1-2H3,(H,9,10);/q;;;+3/p-3. The number of aliphatic carboxylic acids is 3. The van der Waals surface area contributed by atoms with Crippen LogP contribution in [0.2, 0.25) is 0 Å². The zero-order valence-electron chi connectivity index (χ0n) is 19.2. The molecule has 0 aromatic rings. The minimum atomic E-state index is -1.15. The average Bonchev–Trinajstić information content (AvgIpc) is 2.61. The van der Waals surface area contributed by atoms with Gasteiger partial charge in [0.25, 0.3) is 0 Å². The van der Waals surface area contributed by atoms with Gasteiger partial charge in [-0.05, 0) is 59.3 Å². The molecule has 3 unspecified atom stereocenters. The summed E-state index contributed by atoms with van der Waals surface area (Å²) in [5.41, 5.74) is 0. The molecule has 0 radical (unpaired) electrons. The van der Waals surface area contributed by atoms with E-state index in [0.717, 1.165) is 0 Å². The van der Waals surface area contributed by atoms with Crippen molar-refractivity contribution < 1.29 is 44.1 Å². The Morgan fingerprint density at radius 1 is 0.516 bits per heavy atom. The van der Waals surface area contributed by atoms with Crippen molar-refractivity contribution in [2.45, 2.75) is 80.1 Å². The number of Topliss-reactive ketones (excluding diaryl/α,β-unsaturated/α-hetero) is 3. The van der Waals surface area contributed by atoms with Crippen molar-refractivity contribution in [3.8, 4) is 0 Å². The van der Waals surface area contributed by atoms with Crippen molar-refractivity contribution >= 4 is 52.6 Å². The molecule has 0 bridgehead atoms. The van der Waals surface area contributed by atoms with E-state index < -0.39 is 17.9 Å². The maximum absolute atomic E-state index is 10.6. The molecule has 0 N–H and O–H groups in total. The van der Waals surface area contributed by atoms with Crippen LogP contribution in [0.4, 0.5) is 0 Å². The Balaban J connectivity index is -0.000000174. The molecule has 0 aliphatic heterocycles. The molecule has 0 saturated heterocycles. The molecule has 9 nitrogen and oxygen atoms in total. The second-order valence-electron chi connectivity index (χ2n) is 6.88. The molecule has 3 atom stereocenters. The van der Waals surface area contributed by atoms with Gasteiger partial charge in [-0.2, -0.15) is 0 Å². The Morgan fingerprint density at radius 2 is 0.677 bits per heavy atom. The fourth-order valence-corrected chi connectivity index (χ4v) is 2.33. The second-order valence-corrected chi connectivity index (χ2v) is 6.88. The molecule has 0 rings (SSSR count). The van der Waals surface area contributed by atoms with E-state index in [9.17, 15) is 44.1 Å². The van der Waals surface area contributed by atoms with Gasteiger partial charge in [0.05, 0.1) is 0 Å². The van der Waals surface area contributed by atoms with Gasteiger partial charge in [0.1, 0.15) is 17.3 Å². The van der Waals surface area contributed by atoms with Gasteiger partial charge in [0, 0.05) is 35.7 Å². The number of rotatable bonds is 12. The van der Waals surface area contributed by atoms with Crippen LogP contribution >= 0.6 is 0 Å². The molecule has 0 fully saturated rings. The fraction of sp³-hybridized carbons (Fsp3) is 0.714. The number of hydrogen-bond acceptors (Lipinski definition) is 9. The normalized spacial score (nSPS) is 12.2. The number of carbonyl (C=O) groups excluding carboxylic acids is 6. The number of hydrogen-bond donors (Lipinski definition) is 0. The third kappa shape index (κ3) is 24.1. The molecule has 0 spiro atoms. The van der Waals surface area contributed by atoms with Crippen LogP contribution in [0, 0.1) is 17.8 Å². The van der Waals surface area contributed by atoms with Crippen molar-refractivity contribution in [2.24, 2.45) is 17.8 Å². The summed E-state index contributed by atoms with van der Waals surface area (Å²) >= 11 is 0. The summed E-state index contributed by atoms with van der Waals surface area (Å²) in [6.45, 7) is 9.56. The number of carbonyl (C=O) groups is 6. The van der Waals surface area contributed by atoms with Gasteiger partial charge in [0.15, 0.2) is 0 Å². The number of carboxylic acids is 3. The summed E-state index contributed by atoms with van der Waals surface area (Å²) < 4.78 is 0. The van der Waals surface area contributed by atoms with E-state index in [2.05, 4.69) is 0 Å². The molecular weight excluding hydrogens is 423 g/mol. The van der Waals surface area contributed by atoms with Crippen molar-refractivity contribution in [1.82, 2.24) is 0 Å². The molecule has 10 heteroatoms. The number of ketones is 3. The average molecular weight is 456 g/mol. The molecular formula is C21H33AlO9. The molecule has 0 aromatic heterocycles. The predicted molar refractivity (Wildman–Crippen MR) is 108 cm³/mol. The Hall–Kier alpha value is -2.05. The molecule has 0 saturated carbocycles. The van der Waals surface area contributed by atoms with E-state index >= 15 is 0 Å².